The highest BCUT2D eigenvalue weighted by Crippen LogP contribution is 2.51. The van der Waals surface area contributed by atoms with Crippen molar-refractivity contribution in [2.45, 2.75) is 31.7 Å². The first-order chi connectivity index (χ1) is 9.70. The molecule has 3 atom stereocenters. The molecule has 0 spiro atoms. The summed E-state index contributed by atoms with van der Waals surface area (Å²) in [7, 11) is 0. The van der Waals surface area contributed by atoms with Crippen molar-refractivity contribution in [2.24, 2.45) is 11.8 Å². The van der Waals surface area contributed by atoms with E-state index in [1.165, 1.54) is 25.7 Å². The van der Waals surface area contributed by atoms with Crippen LogP contribution in [0, 0.1) is 11.8 Å². The molecule has 2 saturated carbocycles. The summed E-state index contributed by atoms with van der Waals surface area (Å²) in [5, 5.41) is 12.9. The van der Waals surface area contributed by atoms with E-state index < -0.39 is 0 Å². The van der Waals surface area contributed by atoms with Crippen LogP contribution in [-0.4, -0.2) is 20.2 Å². The first kappa shape index (κ1) is 12.1. The summed E-state index contributed by atoms with van der Waals surface area (Å²) >= 11 is 6.08. The summed E-state index contributed by atoms with van der Waals surface area (Å²) in [6, 6.07) is 5.91. The van der Waals surface area contributed by atoms with Gasteiger partial charge in [-0.25, -0.2) is 4.68 Å². The molecule has 4 rings (SSSR count). The van der Waals surface area contributed by atoms with Crippen molar-refractivity contribution in [3.63, 3.8) is 0 Å². The second-order valence-corrected chi connectivity index (χ2v) is 6.40. The van der Waals surface area contributed by atoms with Crippen LogP contribution in [0.4, 0.5) is 5.69 Å². The number of nitrogens with zero attached hydrogens (tertiary/aromatic N) is 4. The molecule has 104 valence electrons. The Morgan fingerprint density at radius 3 is 2.80 bits per heavy atom. The minimum Gasteiger partial charge on any atom is -0.399 e. The van der Waals surface area contributed by atoms with Crippen LogP contribution >= 0.6 is 11.6 Å². The van der Waals surface area contributed by atoms with E-state index in [0.717, 1.165) is 23.2 Å². The molecule has 0 saturated heterocycles. The summed E-state index contributed by atoms with van der Waals surface area (Å²) in [4.78, 5) is 0. The molecule has 0 aliphatic heterocycles. The van der Waals surface area contributed by atoms with Gasteiger partial charge in [-0.15, -0.1) is 5.10 Å². The van der Waals surface area contributed by atoms with Gasteiger partial charge in [0, 0.05) is 16.3 Å². The molecule has 20 heavy (non-hydrogen) atoms. The van der Waals surface area contributed by atoms with Crippen molar-refractivity contribution in [2.75, 3.05) is 5.73 Å². The SMILES string of the molecule is Nc1cc(Cl)cc(-c2nnnn2C2CC3CCC2C3)c1. The lowest BCUT2D eigenvalue weighted by molar-refractivity contribution is 0.304. The fourth-order valence-corrected chi connectivity index (χ4v) is 4.10. The highest BCUT2D eigenvalue weighted by atomic mass is 35.5. The zero-order valence-corrected chi connectivity index (χ0v) is 11.8. The van der Waals surface area contributed by atoms with Crippen molar-refractivity contribution < 1.29 is 0 Å². The summed E-state index contributed by atoms with van der Waals surface area (Å²) in [6.45, 7) is 0. The Morgan fingerprint density at radius 1 is 1.20 bits per heavy atom. The molecule has 1 heterocycles. The average molecular weight is 290 g/mol. The van der Waals surface area contributed by atoms with E-state index >= 15 is 0 Å². The number of tetrazole rings is 1. The van der Waals surface area contributed by atoms with Crippen molar-refractivity contribution in [3.8, 4) is 11.4 Å². The topological polar surface area (TPSA) is 69.6 Å². The number of hydrogen-bond donors (Lipinski definition) is 1. The van der Waals surface area contributed by atoms with Gasteiger partial charge in [0.1, 0.15) is 0 Å². The fourth-order valence-electron chi connectivity index (χ4n) is 3.86. The monoisotopic (exact) mass is 289 g/mol. The summed E-state index contributed by atoms with van der Waals surface area (Å²) in [5.74, 6) is 2.35. The molecule has 2 aliphatic rings. The molecule has 0 radical (unpaired) electrons. The largest absolute Gasteiger partial charge is 0.399 e. The Morgan fingerprint density at radius 2 is 2.10 bits per heavy atom. The highest BCUT2D eigenvalue weighted by molar-refractivity contribution is 6.31. The molecule has 2 aromatic rings. The Kier molecular flexibility index (Phi) is 2.70. The third-order valence-electron chi connectivity index (χ3n) is 4.69. The van der Waals surface area contributed by atoms with E-state index in [9.17, 15) is 0 Å². The second-order valence-electron chi connectivity index (χ2n) is 5.96. The van der Waals surface area contributed by atoms with E-state index in [4.69, 9.17) is 17.3 Å². The minimum absolute atomic E-state index is 0.430. The normalized spacial score (nSPS) is 28.1. The van der Waals surface area contributed by atoms with Crippen LogP contribution in [0.25, 0.3) is 11.4 Å². The van der Waals surface area contributed by atoms with Gasteiger partial charge < -0.3 is 5.73 Å². The third kappa shape index (κ3) is 1.88. The van der Waals surface area contributed by atoms with Gasteiger partial charge in [-0.05, 0) is 59.7 Å². The molecule has 2 N–H and O–H groups in total. The zero-order chi connectivity index (χ0) is 13.7. The van der Waals surface area contributed by atoms with Crippen LogP contribution in [0.1, 0.15) is 31.7 Å². The smallest absolute Gasteiger partial charge is 0.182 e. The van der Waals surface area contributed by atoms with Gasteiger partial charge in [-0.3, -0.25) is 0 Å². The molecule has 2 aliphatic carbocycles. The van der Waals surface area contributed by atoms with Crippen LogP contribution in [0.2, 0.25) is 5.02 Å². The minimum atomic E-state index is 0.430. The van der Waals surface area contributed by atoms with E-state index in [-0.39, 0.29) is 0 Å². The Balaban J connectivity index is 1.75. The van der Waals surface area contributed by atoms with Crippen molar-refractivity contribution in [3.05, 3.63) is 23.2 Å². The number of fused-ring (bicyclic) bond motifs is 2. The molecule has 5 nitrogen and oxygen atoms in total. The molecule has 1 aromatic carbocycles. The predicted octanol–water partition coefficient (Wildman–Crippen LogP) is 2.94. The van der Waals surface area contributed by atoms with Crippen LogP contribution in [-0.2, 0) is 0 Å². The molecule has 3 unspecified atom stereocenters. The van der Waals surface area contributed by atoms with Gasteiger partial charge in [-0.2, -0.15) is 0 Å². The van der Waals surface area contributed by atoms with E-state index in [1.54, 1.807) is 6.07 Å². The molecular formula is C14H16ClN5. The van der Waals surface area contributed by atoms with Gasteiger partial charge in [0.25, 0.3) is 0 Å². The maximum Gasteiger partial charge on any atom is 0.182 e. The van der Waals surface area contributed by atoms with Gasteiger partial charge >= 0.3 is 0 Å². The maximum atomic E-state index is 6.08. The number of benzene rings is 1. The van der Waals surface area contributed by atoms with Crippen LogP contribution in [0.3, 0.4) is 0 Å². The quantitative estimate of drug-likeness (QED) is 0.863. The lowest BCUT2D eigenvalue weighted by Gasteiger charge is -2.22. The van der Waals surface area contributed by atoms with E-state index in [0.29, 0.717) is 16.8 Å². The van der Waals surface area contributed by atoms with E-state index in [2.05, 4.69) is 15.5 Å². The summed E-state index contributed by atoms with van der Waals surface area (Å²) < 4.78 is 1.98. The van der Waals surface area contributed by atoms with Crippen LogP contribution in [0.15, 0.2) is 18.2 Å². The first-order valence-corrected chi connectivity index (χ1v) is 7.43. The number of aromatic nitrogens is 4. The number of nitrogens with two attached hydrogens (primary N) is 1. The third-order valence-corrected chi connectivity index (χ3v) is 4.90. The molecular weight excluding hydrogens is 274 g/mol. The molecule has 1 aromatic heterocycles. The second kappa shape index (κ2) is 4.45. The van der Waals surface area contributed by atoms with Crippen molar-refractivity contribution in [1.82, 2.24) is 20.2 Å². The standard InChI is InChI=1S/C14H16ClN5/c15-11-5-10(6-12(16)7-11)14-17-18-19-20(14)13-4-8-1-2-9(13)3-8/h5-9,13H,1-4,16H2. The number of hydrogen-bond acceptors (Lipinski definition) is 4. The fraction of sp³-hybridized carbons (Fsp3) is 0.500. The predicted molar refractivity (Wildman–Crippen MR) is 77.2 cm³/mol. The number of nitrogen functional groups attached to an aromatic ring is 1. The van der Waals surface area contributed by atoms with E-state index in [1.807, 2.05) is 16.8 Å². The molecule has 2 bridgehead atoms. The lowest BCUT2D eigenvalue weighted by atomic mass is 9.95. The average Bonchev–Trinajstić information content (AvgIpc) is 3.13. The first-order valence-electron chi connectivity index (χ1n) is 7.05. The van der Waals surface area contributed by atoms with Crippen molar-refractivity contribution in [1.29, 1.82) is 0 Å². The van der Waals surface area contributed by atoms with Gasteiger partial charge in [-0.1, -0.05) is 18.0 Å². The van der Waals surface area contributed by atoms with Gasteiger partial charge in [0.05, 0.1) is 6.04 Å². The molecule has 0 amide bonds. The maximum absolute atomic E-state index is 6.08. The van der Waals surface area contributed by atoms with Crippen LogP contribution in [0.5, 0.6) is 0 Å². The number of halogens is 1. The van der Waals surface area contributed by atoms with Gasteiger partial charge in [0.15, 0.2) is 5.82 Å². The Hall–Kier alpha value is -1.62. The lowest BCUT2D eigenvalue weighted by Crippen LogP contribution is -2.18. The summed E-state index contributed by atoms with van der Waals surface area (Å²) in [5.41, 5.74) is 7.39. The molecule has 6 heteroatoms. The zero-order valence-electron chi connectivity index (χ0n) is 11.0. The van der Waals surface area contributed by atoms with Gasteiger partial charge in [0.2, 0.25) is 0 Å². The van der Waals surface area contributed by atoms with Crippen LogP contribution < -0.4 is 5.73 Å². The number of anilines is 1. The Labute approximate surface area is 122 Å². The molecule has 2 fully saturated rings. The Bertz CT molecular complexity index is 633. The highest BCUT2D eigenvalue weighted by Gasteiger charge is 2.42. The van der Waals surface area contributed by atoms with Crippen molar-refractivity contribution >= 4 is 17.3 Å². The number of rotatable bonds is 2. The summed E-state index contributed by atoms with van der Waals surface area (Å²) in [6.07, 6.45) is 5.18.